The molecule has 0 saturated heterocycles. The van der Waals surface area contributed by atoms with Gasteiger partial charge in [-0.3, -0.25) is 0 Å². The van der Waals surface area contributed by atoms with Crippen molar-refractivity contribution in [2.24, 2.45) is 0 Å². The van der Waals surface area contributed by atoms with E-state index in [1.54, 1.807) is 0 Å². The molecule has 176 valence electrons. The largest absolute Gasteiger partial charge is 0.359 e. The quantitative estimate of drug-likeness (QED) is 0.0994. The van der Waals surface area contributed by atoms with Crippen molar-refractivity contribution in [2.75, 3.05) is 0 Å². The van der Waals surface area contributed by atoms with Crippen molar-refractivity contribution in [3.8, 4) is 0 Å². The summed E-state index contributed by atoms with van der Waals surface area (Å²) in [5.41, 5.74) is 0. The molecule has 0 saturated carbocycles. The summed E-state index contributed by atoms with van der Waals surface area (Å²) in [5.74, 6) is 0. The average molecular weight is 538 g/mol. The SMILES string of the molecule is CC/C=C\CC(/C=C/C=C\C=C/C=C/C(OPP)C(C/C=C\CCC)OP)OP(P)P. The number of allylic oxidation sites excluding steroid dienone is 8. The first-order chi connectivity index (χ1) is 15.1. The molecule has 0 aromatic carbocycles. The molecule has 0 heterocycles. The molecular formula is C22H40O3P6. The highest BCUT2D eigenvalue weighted by Crippen LogP contribution is 2.54. The van der Waals surface area contributed by atoms with Crippen LogP contribution in [-0.4, -0.2) is 18.3 Å². The zero-order valence-corrected chi connectivity index (χ0v) is 25.2. The van der Waals surface area contributed by atoms with Gasteiger partial charge < -0.3 is 13.6 Å². The molecule has 0 fully saturated rings. The van der Waals surface area contributed by atoms with E-state index in [0.717, 1.165) is 32.1 Å². The normalized spacial score (nSPS) is 16.7. The topological polar surface area (TPSA) is 27.7 Å². The van der Waals surface area contributed by atoms with Gasteiger partial charge in [0.15, 0.2) is 0 Å². The van der Waals surface area contributed by atoms with Gasteiger partial charge in [0.05, 0.1) is 19.7 Å². The second-order valence-electron chi connectivity index (χ2n) is 6.53. The third kappa shape index (κ3) is 20.0. The van der Waals surface area contributed by atoms with Gasteiger partial charge in [0.25, 0.3) is 0 Å². The van der Waals surface area contributed by atoms with Crippen LogP contribution in [0.5, 0.6) is 0 Å². The minimum atomic E-state index is -0.544. The smallest absolute Gasteiger partial charge is 0.107 e. The zero-order valence-electron chi connectivity index (χ0n) is 18.7. The summed E-state index contributed by atoms with van der Waals surface area (Å²) in [4.78, 5) is 0. The Morgan fingerprint density at radius 2 is 1.52 bits per heavy atom. The summed E-state index contributed by atoms with van der Waals surface area (Å²) in [5, 5.41) is 0. The summed E-state index contributed by atoms with van der Waals surface area (Å²) in [6, 6.07) is 0. The zero-order chi connectivity index (χ0) is 23.2. The standard InChI is InChI=1S/C22H40O3P6/c1-3-5-7-14-18-21(23-26)22(24-30-27)19-15-11-9-8-10-13-17-20(25-31(28)29)16-12-6-4-2/h6-15,17,19-22,30H,3-5,16,18,26-29H2,1-2H3/b10-8-,11-9-,12-6-,14-7-,17-13+,19-15+. The first-order valence-electron chi connectivity index (χ1n) is 10.5. The fourth-order valence-electron chi connectivity index (χ4n) is 2.43. The fourth-order valence-corrected chi connectivity index (χ4v) is 4.96. The molecule has 0 spiro atoms. The van der Waals surface area contributed by atoms with Gasteiger partial charge in [0.1, 0.15) is 6.10 Å². The molecule has 0 rings (SSSR count). The lowest BCUT2D eigenvalue weighted by atomic mass is 10.1. The van der Waals surface area contributed by atoms with Gasteiger partial charge in [-0.25, -0.2) is 0 Å². The van der Waals surface area contributed by atoms with E-state index in [9.17, 15) is 0 Å². The fraction of sp³-hybridized carbons (Fsp3) is 0.455. The first-order valence-corrected chi connectivity index (χ1v) is 18.2. The minimum Gasteiger partial charge on any atom is -0.359 e. The number of rotatable bonds is 18. The van der Waals surface area contributed by atoms with Crippen LogP contribution in [0.3, 0.4) is 0 Å². The summed E-state index contributed by atoms with van der Waals surface area (Å²) in [6.45, 7) is 4.31. The monoisotopic (exact) mass is 538 g/mol. The molecule has 0 aromatic heterocycles. The molecule has 8 atom stereocenters. The third-order valence-electron chi connectivity index (χ3n) is 3.95. The van der Waals surface area contributed by atoms with E-state index < -0.39 is 7.53 Å². The summed E-state index contributed by atoms with van der Waals surface area (Å²) in [6.07, 6.45) is 30.0. The highest BCUT2D eigenvalue weighted by atomic mass is 32.4. The van der Waals surface area contributed by atoms with Gasteiger partial charge in [-0.15, -0.1) is 0 Å². The van der Waals surface area contributed by atoms with Crippen molar-refractivity contribution >= 4 is 52.3 Å². The maximum Gasteiger partial charge on any atom is 0.107 e. The molecule has 0 bridgehead atoms. The van der Waals surface area contributed by atoms with E-state index in [1.165, 1.54) is 0 Å². The van der Waals surface area contributed by atoms with Gasteiger partial charge in [0.2, 0.25) is 0 Å². The van der Waals surface area contributed by atoms with E-state index in [2.05, 4.69) is 80.5 Å². The Morgan fingerprint density at radius 3 is 2.10 bits per heavy atom. The van der Waals surface area contributed by atoms with Gasteiger partial charge in [-0.05, 0) is 25.7 Å². The second-order valence-corrected chi connectivity index (χ2v) is 13.8. The molecule has 0 N–H and O–H groups in total. The van der Waals surface area contributed by atoms with Crippen molar-refractivity contribution in [3.05, 3.63) is 72.9 Å². The molecule has 0 aliphatic rings. The van der Waals surface area contributed by atoms with Crippen LogP contribution in [0.1, 0.15) is 46.0 Å². The van der Waals surface area contributed by atoms with Crippen LogP contribution in [0.15, 0.2) is 72.9 Å². The molecule has 8 unspecified atom stereocenters. The Bertz CT molecular complexity index is 588. The molecular weight excluding hydrogens is 498 g/mol. The molecule has 0 amide bonds. The van der Waals surface area contributed by atoms with Gasteiger partial charge in [-0.1, -0.05) is 120 Å². The van der Waals surface area contributed by atoms with E-state index in [4.69, 9.17) is 13.6 Å². The van der Waals surface area contributed by atoms with Crippen LogP contribution in [0.25, 0.3) is 0 Å². The first kappa shape index (κ1) is 31.9. The number of unbranched alkanes of at least 4 members (excludes halogenated alkanes) is 1. The van der Waals surface area contributed by atoms with Gasteiger partial charge in [-0.2, -0.15) is 0 Å². The van der Waals surface area contributed by atoms with Crippen LogP contribution in [-0.2, 0) is 13.6 Å². The maximum atomic E-state index is 5.92. The van der Waals surface area contributed by atoms with Crippen LogP contribution < -0.4 is 0 Å². The highest BCUT2D eigenvalue weighted by Gasteiger charge is 2.17. The Hall–Kier alpha value is 0.900. The Kier molecular flexibility index (Phi) is 24.7. The molecule has 0 aliphatic heterocycles. The lowest BCUT2D eigenvalue weighted by Crippen LogP contribution is -2.24. The Morgan fingerprint density at radius 1 is 0.871 bits per heavy atom. The Balaban J connectivity index is 4.69. The lowest BCUT2D eigenvalue weighted by Gasteiger charge is -2.21. The minimum absolute atomic E-state index is 0.0214. The molecule has 9 heteroatoms. The van der Waals surface area contributed by atoms with Crippen molar-refractivity contribution in [2.45, 2.75) is 64.3 Å². The van der Waals surface area contributed by atoms with Crippen molar-refractivity contribution in [1.82, 2.24) is 0 Å². The predicted molar refractivity (Wildman–Crippen MR) is 158 cm³/mol. The van der Waals surface area contributed by atoms with Crippen LogP contribution in [0, 0.1) is 0 Å². The van der Waals surface area contributed by atoms with Crippen LogP contribution in [0.4, 0.5) is 0 Å². The Labute approximate surface area is 202 Å². The average Bonchev–Trinajstić information content (AvgIpc) is 2.74. The molecule has 0 radical (unpaired) electrons. The van der Waals surface area contributed by atoms with Crippen LogP contribution in [0.2, 0.25) is 0 Å². The van der Waals surface area contributed by atoms with Gasteiger partial charge >= 0.3 is 0 Å². The summed E-state index contributed by atoms with van der Waals surface area (Å²) < 4.78 is 17.3. The number of hydrogen-bond donors (Lipinski definition) is 0. The highest BCUT2D eigenvalue weighted by molar-refractivity contribution is 8.41. The predicted octanol–water partition coefficient (Wildman–Crippen LogP) is 8.62. The van der Waals surface area contributed by atoms with Crippen molar-refractivity contribution in [1.29, 1.82) is 0 Å². The lowest BCUT2D eigenvalue weighted by molar-refractivity contribution is 0.116. The summed E-state index contributed by atoms with van der Waals surface area (Å²) >= 11 is 0. The van der Waals surface area contributed by atoms with Crippen molar-refractivity contribution in [3.63, 3.8) is 0 Å². The van der Waals surface area contributed by atoms with E-state index in [-0.39, 0.29) is 18.3 Å². The second kappa shape index (κ2) is 24.0. The number of hydrogen-bond acceptors (Lipinski definition) is 3. The maximum absolute atomic E-state index is 5.92. The molecule has 0 aliphatic carbocycles. The molecule has 31 heavy (non-hydrogen) atoms. The summed E-state index contributed by atoms with van der Waals surface area (Å²) in [7, 11) is 10.2. The van der Waals surface area contributed by atoms with Gasteiger partial charge in [0, 0.05) is 18.0 Å². The third-order valence-corrected chi connectivity index (χ3v) is 6.36. The van der Waals surface area contributed by atoms with E-state index in [1.807, 2.05) is 42.5 Å². The molecule has 0 aromatic rings. The van der Waals surface area contributed by atoms with Crippen LogP contribution >= 0.6 is 52.3 Å². The van der Waals surface area contributed by atoms with Crippen molar-refractivity contribution < 1.29 is 13.6 Å². The van der Waals surface area contributed by atoms with E-state index in [0.29, 0.717) is 8.50 Å². The van der Waals surface area contributed by atoms with E-state index >= 15 is 0 Å². The molecule has 3 nitrogen and oxygen atoms in total.